The Kier molecular flexibility index (Phi) is 4.02. The molecule has 90 valence electrons. The number of anilines is 1. The summed E-state index contributed by atoms with van der Waals surface area (Å²) in [6, 6.07) is 9.86. The number of rotatable bonds is 1. The minimum Gasteiger partial charge on any atom is -0.353 e. The molecule has 1 N–H and O–H groups in total. The van der Waals surface area contributed by atoms with Crippen LogP contribution in [-0.4, -0.2) is 34.0 Å². The number of nitrogens with one attached hydrogen (secondary N) is 1. The van der Waals surface area contributed by atoms with Gasteiger partial charge in [0.05, 0.1) is 0 Å². The summed E-state index contributed by atoms with van der Waals surface area (Å²) < 4.78 is 0. The molecule has 1 aliphatic heterocycles. The van der Waals surface area contributed by atoms with Crippen molar-refractivity contribution >= 4 is 39.9 Å². The fourth-order valence-electron chi connectivity index (χ4n) is 1.64. The highest BCUT2D eigenvalue weighted by Gasteiger charge is 2.22. The molecule has 17 heavy (non-hydrogen) atoms. The zero-order chi connectivity index (χ0) is 12.3. The van der Waals surface area contributed by atoms with Crippen LogP contribution in [0.4, 0.5) is 5.69 Å². The Morgan fingerprint density at radius 1 is 1.47 bits per heavy atom. The van der Waals surface area contributed by atoms with Crippen LogP contribution >= 0.6 is 24.0 Å². The standard InChI is InChI=1S/C12H15N3S2/c1-9-8-15(2)12(17-9)14-11(16)13-10-6-4-3-5-7-10/h3-7,9H,8H2,1-2H3,(H,13,16)/t9-/m0/s1. The van der Waals surface area contributed by atoms with E-state index in [0.717, 1.165) is 17.4 Å². The molecule has 1 heterocycles. The predicted molar refractivity (Wildman–Crippen MR) is 79.8 cm³/mol. The third-order valence-electron chi connectivity index (χ3n) is 2.39. The van der Waals surface area contributed by atoms with E-state index in [1.165, 1.54) is 0 Å². The molecule has 0 spiro atoms. The van der Waals surface area contributed by atoms with Crippen molar-refractivity contribution in [2.24, 2.45) is 4.99 Å². The first kappa shape index (κ1) is 12.4. The van der Waals surface area contributed by atoms with Crippen LogP contribution in [0.3, 0.4) is 0 Å². The van der Waals surface area contributed by atoms with E-state index >= 15 is 0 Å². The van der Waals surface area contributed by atoms with Gasteiger partial charge in [0.25, 0.3) is 0 Å². The molecule has 0 saturated carbocycles. The highest BCUT2D eigenvalue weighted by molar-refractivity contribution is 8.14. The Hall–Kier alpha value is -1.07. The molecule has 0 unspecified atom stereocenters. The number of amidine groups is 1. The van der Waals surface area contributed by atoms with Gasteiger partial charge in [-0.15, -0.1) is 0 Å². The minimum absolute atomic E-state index is 0.514. The topological polar surface area (TPSA) is 27.6 Å². The average Bonchev–Trinajstić information content (AvgIpc) is 2.58. The van der Waals surface area contributed by atoms with Gasteiger partial charge in [-0.05, 0) is 24.4 Å². The number of para-hydroxylation sites is 1. The lowest BCUT2D eigenvalue weighted by atomic mass is 10.3. The molecule has 1 aromatic carbocycles. The zero-order valence-electron chi connectivity index (χ0n) is 9.88. The summed E-state index contributed by atoms with van der Waals surface area (Å²) in [6.07, 6.45) is 0. The Balaban J connectivity index is 2.00. The van der Waals surface area contributed by atoms with Gasteiger partial charge in [0.1, 0.15) is 0 Å². The number of nitrogens with zero attached hydrogens (tertiary/aromatic N) is 2. The third-order valence-corrected chi connectivity index (χ3v) is 3.74. The highest BCUT2D eigenvalue weighted by atomic mass is 32.2. The van der Waals surface area contributed by atoms with Crippen molar-refractivity contribution in [3.8, 4) is 0 Å². The maximum absolute atomic E-state index is 5.23. The van der Waals surface area contributed by atoms with Crippen LogP contribution in [0.1, 0.15) is 6.92 Å². The second-order valence-electron chi connectivity index (χ2n) is 4.00. The first-order valence-corrected chi connectivity index (χ1v) is 6.76. The van der Waals surface area contributed by atoms with Gasteiger partial charge in [-0.1, -0.05) is 36.9 Å². The molecule has 0 aromatic heterocycles. The zero-order valence-corrected chi connectivity index (χ0v) is 11.5. The van der Waals surface area contributed by atoms with Crippen LogP contribution in [-0.2, 0) is 0 Å². The number of benzene rings is 1. The Morgan fingerprint density at radius 3 is 2.76 bits per heavy atom. The van der Waals surface area contributed by atoms with Gasteiger partial charge < -0.3 is 10.2 Å². The predicted octanol–water partition coefficient (Wildman–Crippen LogP) is 2.81. The van der Waals surface area contributed by atoms with Crippen molar-refractivity contribution in [2.75, 3.05) is 18.9 Å². The monoisotopic (exact) mass is 265 g/mol. The van der Waals surface area contributed by atoms with Crippen LogP contribution in [0, 0.1) is 0 Å². The second kappa shape index (κ2) is 5.51. The van der Waals surface area contributed by atoms with E-state index in [4.69, 9.17) is 12.2 Å². The molecule has 0 radical (unpaired) electrons. The molecule has 1 fully saturated rings. The van der Waals surface area contributed by atoms with Crippen LogP contribution in [0.25, 0.3) is 0 Å². The van der Waals surface area contributed by atoms with E-state index in [9.17, 15) is 0 Å². The molecule has 0 aliphatic carbocycles. The highest BCUT2D eigenvalue weighted by Crippen LogP contribution is 2.23. The largest absolute Gasteiger partial charge is 0.353 e. The molecule has 2 rings (SSSR count). The first-order chi connectivity index (χ1) is 8.15. The molecule has 5 heteroatoms. The molecule has 1 saturated heterocycles. The Morgan fingerprint density at radius 2 is 2.18 bits per heavy atom. The van der Waals surface area contributed by atoms with Gasteiger partial charge in [-0.25, -0.2) is 0 Å². The maximum atomic E-state index is 5.23. The maximum Gasteiger partial charge on any atom is 0.199 e. The SMILES string of the molecule is C[C@H]1CN(C)C(=NC(=S)Nc2ccccc2)S1. The molecular formula is C12H15N3S2. The van der Waals surface area contributed by atoms with Gasteiger partial charge in [0.2, 0.25) is 0 Å². The van der Waals surface area contributed by atoms with E-state index in [0.29, 0.717) is 10.4 Å². The fourth-order valence-corrected chi connectivity index (χ4v) is 2.96. The molecule has 0 bridgehead atoms. The smallest absolute Gasteiger partial charge is 0.199 e. The normalized spacial score (nSPS) is 21.9. The third kappa shape index (κ3) is 3.44. The van der Waals surface area contributed by atoms with Crippen molar-refractivity contribution in [1.29, 1.82) is 0 Å². The van der Waals surface area contributed by atoms with E-state index in [-0.39, 0.29) is 0 Å². The van der Waals surface area contributed by atoms with Crippen molar-refractivity contribution in [3.63, 3.8) is 0 Å². The van der Waals surface area contributed by atoms with Crippen molar-refractivity contribution in [1.82, 2.24) is 4.90 Å². The lowest BCUT2D eigenvalue weighted by Crippen LogP contribution is -2.21. The average molecular weight is 265 g/mol. The van der Waals surface area contributed by atoms with E-state index in [1.807, 2.05) is 37.4 Å². The molecule has 0 amide bonds. The number of thiocarbonyl (C=S) groups is 1. The molecule has 1 atom stereocenters. The summed E-state index contributed by atoms with van der Waals surface area (Å²) in [6.45, 7) is 3.22. The summed E-state index contributed by atoms with van der Waals surface area (Å²) >= 11 is 6.99. The summed E-state index contributed by atoms with van der Waals surface area (Å²) in [5, 5.41) is 5.20. The van der Waals surface area contributed by atoms with E-state index in [2.05, 4.69) is 22.1 Å². The Bertz CT molecular complexity index is 431. The van der Waals surface area contributed by atoms with Crippen molar-refractivity contribution in [3.05, 3.63) is 30.3 Å². The first-order valence-electron chi connectivity index (χ1n) is 5.47. The fraction of sp³-hybridized carbons (Fsp3) is 0.333. The van der Waals surface area contributed by atoms with Crippen molar-refractivity contribution < 1.29 is 0 Å². The number of hydrogen-bond donors (Lipinski definition) is 1. The number of hydrogen-bond acceptors (Lipinski definition) is 2. The van der Waals surface area contributed by atoms with Crippen LogP contribution in [0.15, 0.2) is 35.3 Å². The van der Waals surface area contributed by atoms with Crippen LogP contribution < -0.4 is 5.32 Å². The number of aliphatic imine (C=N–C) groups is 1. The van der Waals surface area contributed by atoms with Crippen molar-refractivity contribution in [2.45, 2.75) is 12.2 Å². The summed E-state index contributed by atoms with van der Waals surface area (Å²) in [5.41, 5.74) is 0.973. The molecular weight excluding hydrogens is 250 g/mol. The summed E-state index contributed by atoms with van der Waals surface area (Å²) in [7, 11) is 2.04. The summed E-state index contributed by atoms with van der Waals surface area (Å²) in [4.78, 5) is 6.56. The van der Waals surface area contributed by atoms with E-state index in [1.54, 1.807) is 11.8 Å². The van der Waals surface area contributed by atoms with E-state index < -0.39 is 0 Å². The van der Waals surface area contributed by atoms with Gasteiger partial charge in [-0.2, -0.15) is 4.99 Å². The molecule has 1 aromatic rings. The lowest BCUT2D eigenvalue weighted by Gasteiger charge is -2.10. The molecule has 3 nitrogen and oxygen atoms in total. The number of thioether (sulfide) groups is 1. The quantitative estimate of drug-likeness (QED) is 0.790. The Labute approximate surface area is 111 Å². The second-order valence-corrected chi connectivity index (χ2v) is 5.79. The van der Waals surface area contributed by atoms with Gasteiger partial charge in [-0.3, -0.25) is 0 Å². The molecule has 1 aliphatic rings. The van der Waals surface area contributed by atoms with Gasteiger partial charge >= 0.3 is 0 Å². The van der Waals surface area contributed by atoms with Crippen LogP contribution in [0.2, 0.25) is 0 Å². The lowest BCUT2D eigenvalue weighted by molar-refractivity contribution is 0.533. The van der Waals surface area contributed by atoms with Crippen LogP contribution in [0.5, 0.6) is 0 Å². The minimum atomic E-state index is 0.514. The summed E-state index contributed by atoms with van der Waals surface area (Å²) in [5.74, 6) is 0. The van der Waals surface area contributed by atoms with Gasteiger partial charge in [0, 0.05) is 24.5 Å². The van der Waals surface area contributed by atoms with Gasteiger partial charge in [0.15, 0.2) is 10.3 Å².